The lowest BCUT2D eigenvalue weighted by Gasteiger charge is -2.17. The largest absolute Gasteiger partial charge is 0.495 e. The van der Waals surface area contributed by atoms with Gasteiger partial charge in [0.2, 0.25) is 5.91 Å². The van der Waals surface area contributed by atoms with Crippen LogP contribution in [0.5, 0.6) is 5.75 Å². The van der Waals surface area contributed by atoms with E-state index in [9.17, 15) is 31.5 Å². The van der Waals surface area contributed by atoms with Gasteiger partial charge in [0.15, 0.2) is 0 Å². The Labute approximate surface area is 194 Å². The van der Waals surface area contributed by atoms with Crippen LogP contribution in [0.3, 0.4) is 0 Å². The number of carbonyl (C=O) groups is 1. The number of nitrogens with one attached hydrogen (secondary N) is 2. The van der Waals surface area contributed by atoms with E-state index in [1.54, 1.807) is 30.3 Å². The molecular formula is C23H21F3N2O5S. The van der Waals surface area contributed by atoms with Crippen LogP contribution in [0.25, 0.3) is 0 Å². The fourth-order valence-electron chi connectivity index (χ4n) is 3.19. The molecule has 180 valence electrons. The molecule has 7 nitrogen and oxygen atoms in total. The maximum Gasteiger partial charge on any atom is 0.416 e. The molecule has 3 aromatic carbocycles. The second-order valence-electron chi connectivity index (χ2n) is 7.18. The average Bonchev–Trinajstić information content (AvgIpc) is 2.79. The molecule has 0 aliphatic rings. The van der Waals surface area contributed by atoms with Crippen LogP contribution in [-0.2, 0) is 21.0 Å². The highest BCUT2D eigenvalue weighted by Gasteiger charge is 2.31. The Morgan fingerprint density at radius 3 is 2.32 bits per heavy atom. The number of aliphatic hydroxyl groups is 1. The summed E-state index contributed by atoms with van der Waals surface area (Å²) in [6.07, 6.45) is -4.63. The molecule has 1 unspecified atom stereocenters. The molecule has 0 aliphatic carbocycles. The minimum atomic E-state index is -4.63. The number of ether oxygens (including phenoxy) is 1. The first kappa shape index (κ1) is 25.1. The maximum atomic E-state index is 12.9. The van der Waals surface area contributed by atoms with Gasteiger partial charge in [0.25, 0.3) is 10.0 Å². The number of alkyl halides is 3. The summed E-state index contributed by atoms with van der Waals surface area (Å²) < 4.78 is 71.7. The SMILES string of the molecule is COc1cc(NC(=O)C(CO)c2ccccc2)ccc1S(=O)(=O)Nc1cccc(C(F)(F)F)c1. The number of hydrogen-bond donors (Lipinski definition) is 3. The molecule has 3 rings (SSSR count). The van der Waals surface area contributed by atoms with Crippen molar-refractivity contribution >= 4 is 27.3 Å². The third-order valence-corrected chi connectivity index (χ3v) is 6.28. The number of hydrogen-bond acceptors (Lipinski definition) is 5. The number of amides is 1. The third kappa shape index (κ3) is 5.86. The van der Waals surface area contributed by atoms with E-state index in [4.69, 9.17) is 4.74 Å². The second kappa shape index (κ2) is 10.1. The van der Waals surface area contributed by atoms with Gasteiger partial charge in [-0.1, -0.05) is 36.4 Å². The first-order valence-electron chi connectivity index (χ1n) is 9.90. The van der Waals surface area contributed by atoms with Crippen molar-refractivity contribution in [3.63, 3.8) is 0 Å². The van der Waals surface area contributed by atoms with E-state index in [-0.39, 0.29) is 22.0 Å². The summed E-state index contributed by atoms with van der Waals surface area (Å²) >= 11 is 0. The molecule has 0 heterocycles. The van der Waals surface area contributed by atoms with Gasteiger partial charge in [-0.05, 0) is 35.9 Å². The van der Waals surface area contributed by atoms with Crippen molar-refractivity contribution in [2.24, 2.45) is 0 Å². The standard InChI is InChI=1S/C23H21F3N2O5S/c1-33-20-13-17(27-22(30)19(14-29)15-6-3-2-4-7-15)10-11-21(20)34(31,32)28-18-9-5-8-16(12-18)23(24,25)26/h2-13,19,28-29H,14H2,1H3,(H,27,30). The quantitative estimate of drug-likeness (QED) is 0.435. The molecule has 0 aromatic heterocycles. The van der Waals surface area contributed by atoms with Crippen LogP contribution in [0.4, 0.5) is 24.5 Å². The Kier molecular flexibility index (Phi) is 7.48. The zero-order valence-corrected chi connectivity index (χ0v) is 18.7. The van der Waals surface area contributed by atoms with Gasteiger partial charge in [0.05, 0.1) is 25.2 Å². The molecule has 0 spiro atoms. The predicted molar refractivity (Wildman–Crippen MR) is 120 cm³/mol. The molecule has 3 aromatic rings. The van der Waals surface area contributed by atoms with Crippen LogP contribution < -0.4 is 14.8 Å². The molecule has 0 aliphatic heterocycles. The minimum absolute atomic E-state index is 0.141. The third-order valence-electron chi connectivity index (χ3n) is 4.86. The predicted octanol–water partition coefficient (Wildman–Crippen LogP) is 4.23. The summed E-state index contributed by atoms with van der Waals surface area (Å²) in [6.45, 7) is -0.444. The summed E-state index contributed by atoms with van der Waals surface area (Å²) in [5.74, 6) is -1.51. The van der Waals surface area contributed by atoms with E-state index < -0.39 is 40.2 Å². The molecule has 1 atom stereocenters. The first-order chi connectivity index (χ1) is 16.0. The lowest BCUT2D eigenvalue weighted by atomic mass is 9.99. The lowest BCUT2D eigenvalue weighted by molar-refractivity contribution is -0.137. The van der Waals surface area contributed by atoms with Gasteiger partial charge >= 0.3 is 6.18 Å². The second-order valence-corrected chi connectivity index (χ2v) is 8.84. The molecule has 1 amide bonds. The molecule has 34 heavy (non-hydrogen) atoms. The van der Waals surface area contributed by atoms with Crippen molar-refractivity contribution in [3.05, 3.63) is 83.9 Å². The fraction of sp³-hybridized carbons (Fsp3) is 0.174. The van der Waals surface area contributed by atoms with Crippen LogP contribution in [0.1, 0.15) is 17.0 Å². The lowest BCUT2D eigenvalue weighted by Crippen LogP contribution is -2.24. The topological polar surface area (TPSA) is 105 Å². The van der Waals surface area contributed by atoms with Crippen molar-refractivity contribution in [2.75, 3.05) is 23.8 Å². The molecule has 11 heteroatoms. The van der Waals surface area contributed by atoms with Crippen LogP contribution in [0.2, 0.25) is 0 Å². The average molecular weight is 494 g/mol. The summed E-state index contributed by atoms with van der Waals surface area (Å²) in [7, 11) is -3.11. The van der Waals surface area contributed by atoms with E-state index in [1.165, 1.54) is 25.3 Å². The number of halogens is 3. The maximum absolute atomic E-state index is 12.9. The van der Waals surface area contributed by atoms with Crippen LogP contribution >= 0.6 is 0 Å². The summed E-state index contributed by atoms with van der Waals surface area (Å²) in [5.41, 5.74) is -0.481. The van der Waals surface area contributed by atoms with Crippen LogP contribution in [-0.4, -0.2) is 33.1 Å². The van der Waals surface area contributed by atoms with Gasteiger partial charge in [0.1, 0.15) is 10.6 Å². The first-order valence-corrected chi connectivity index (χ1v) is 11.4. The van der Waals surface area contributed by atoms with Crippen molar-refractivity contribution < 1.29 is 36.2 Å². The van der Waals surface area contributed by atoms with Crippen molar-refractivity contribution in [2.45, 2.75) is 17.0 Å². The van der Waals surface area contributed by atoms with Gasteiger partial charge in [-0.2, -0.15) is 13.2 Å². The monoisotopic (exact) mass is 494 g/mol. The van der Waals surface area contributed by atoms with Crippen LogP contribution in [0, 0.1) is 0 Å². The van der Waals surface area contributed by atoms with E-state index in [1.807, 2.05) is 0 Å². The van der Waals surface area contributed by atoms with E-state index in [0.29, 0.717) is 11.6 Å². The van der Waals surface area contributed by atoms with Gasteiger partial charge in [0, 0.05) is 17.4 Å². The number of aliphatic hydroxyl groups excluding tert-OH is 1. The molecule has 0 saturated heterocycles. The van der Waals surface area contributed by atoms with Gasteiger partial charge in [-0.25, -0.2) is 8.42 Å². The summed E-state index contributed by atoms with van der Waals surface area (Å²) in [5, 5.41) is 12.2. The smallest absolute Gasteiger partial charge is 0.416 e. The molecule has 0 fully saturated rings. The molecular weight excluding hydrogens is 473 g/mol. The number of methoxy groups -OCH3 is 1. The zero-order chi connectivity index (χ0) is 24.9. The van der Waals surface area contributed by atoms with Crippen molar-refractivity contribution in [1.82, 2.24) is 0 Å². The molecule has 3 N–H and O–H groups in total. The Balaban J connectivity index is 1.84. The van der Waals surface area contributed by atoms with E-state index in [2.05, 4.69) is 10.0 Å². The Morgan fingerprint density at radius 1 is 1.00 bits per heavy atom. The summed E-state index contributed by atoms with van der Waals surface area (Å²) in [4.78, 5) is 12.3. The molecule has 0 saturated carbocycles. The summed E-state index contributed by atoms with van der Waals surface area (Å²) in [6, 6.07) is 16.1. The highest BCUT2D eigenvalue weighted by Crippen LogP contribution is 2.33. The van der Waals surface area contributed by atoms with Gasteiger partial charge < -0.3 is 15.2 Å². The number of sulfonamides is 1. The van der Waals surface area contributed by atoms with E-state index >= 15 is 0 Å². The number of benzene rings is 3. The Bertz CT molecular complexity index is 1270. The van der Waals surface area contributed by atoms with E-state index in [0.717, 1.165) is 18.2 Å². The van der Waals surface area contributed by atoms with Gasteiger partial charge in [-0.15, -0.1) is 0 Å². The normalized spacial score (nSPS) is 12.6. The van der Waals surface area contributed by atoms with Crippen molar-refractivity contribution in [1.29, 1.82) is 0 Å². The Hall–Kier alpha value is -3.57. The molecule has 0 bridgehead atoms. The fourth-order valence-corrected chi connectivity index (χ4v) is 4.39. The number of anilines is 2. The number of rotatable bonds is 8. The minimum Gasteiger partial charge on any atom is -0.495 e. The highest BCUT2D eigenvalue weighted by molar-refractivity contribution is 7.92. The van der Waals surface area contributed by atoms with Crippen molar-refractivity contribution in [3.8, 4) is 5.75 Å². The molecule has 0 radical (unpaired) electrons. The highest BCUT2D eigenvalue weighted by atomic mass is 32.2. The van der Waals surface area contributed by atoms with Crippen LogP contribution in [0.15, 0.2) is 77.7 Å². The Morgan fingerprint density at radius 2 is 1.71 bits per heavy atom. The number of carbonyl (C=O) groups excluding carboxylic acids is 1. The van der Waals surface area contributed by atoms with Gasteiger partial charge in [-0.3, -0.25) is 9.52 Å². The zero-order valence-electron chi connectivity index (χ0n) is 17.8.